The molecule has 94 valence electrons. The molecule has 1 aliphatic heterocycles. The number of carbonyl (C=O) groups is 1. The smallest absolute Gasteiger partial charge is 0.253 e. The summed E-state index contributed by atoms with van der Waals surface area (Å²) in [5.41, 5.74) is 0.688. The van der Waals surface area contributed by atoms with Gasteiger partial charge in [-0.2, -0.15) is 0 Å². The summed E-state index contributed by atoms with van der Waals surface area (Å²) in [6.45, 7) is 3.54. The highest BCUT2D eigenvalue weighted by molar-refractivity contribution is 9.12. The average Bonchev–Trinajstić information content (AvgIpc) is 2.81. The number of halogens is 2. The second-order valence-corrected chi connectivity index (χ2v) is 7.82. The predicted molar refractivity (Wildman–Crippen MR) is 75.6 cm³/mol. The molecule has 2 rings (SSSR count). The van der Waals surface area contributed by atoms with Crippen LogP contribution in [0.15, 0.2) is 13.6 Å². The molecule has 1 aromatic rings. The van der Waals surface area contributed by atoms with E-state index in [4.69, 9.17) is 4.74 Å². The van der Waals surface area contributed by atoms with Gasteiger partial charge in [-0.1, -0.05) is 0 Å². The van der Waals surface area contributed by atoms with E-state index in [1.807, 2.05) is 6.07 Å². The second kappa shape index (κ2) is 5.82. The standard InChI is InChI=1S/C11H13Br2NO2S/c1-6-7(2-3-16-6)5-14-11(15)8-4-9(12)17-10(8)13/h4,6-7H,2-3,5H2,1H3,(H,14,15). The summed E-state index contributed by atoms with van der Waals surface area (Å²) in [4.78, 5) is 11.9. The number of rotatable bonds is 3. The minimum absolute atomic E-state index is 0.0297. The van der Waals surface area contributed by atoms with Gasteiger partial charge in [-0.05, 0) is 51.3 Å². The van der Waals surface area contributed by atoms with Crippen LogP contribution >= 0.6 is 43.2 Å². The summed E-state index contributed by atoms with van der Waals surface area (Å²) in [5.74, 6) is 0.401. The molecule has 17 heavy (non-hydrogen) atoms. The van der Waals surface area contributed by atoms with Crippen LogP contribution in [0.5, 0.6) is 0 Å². The van der Waals surface area contributed by atoms with Gasteiger partial charge in [0, 0.05) is 19.1 Å². The lowest BCUT2D eigenvalue weighted by Gasteiger charge is -2.14. The molecular formula is C11H13Br2NO2S. The zero-order valence-corrected chi connectivity index (χ0v) is 13.3. The Kier molecular flexibility index (Phi) is 4.63. The summed E-state index contributed by atoms with van der Waals surface area (Å²) in [6.07, 6.45) is 1.27. The number of thiophene rings is 1. The van der Waals surface area contributed by atoms with Crippen molar-refractivity contribution in [1.82, 2.24) is 5.32 Å². The molecule has 1 fully saturated rings. The fraction of sp³-hybridized carbons (Fsp3) is 0.545. The van der Waals surface area contributed by atoms with Crippen molar-refractivity contribution >= 4 is 49.1 Å². The van der Waals surface area contributed by atoms with Crippen LogP contribution in [-0.2, 0) is 4.74 Å². The Labute approximate surface area is 121 Å². The van der Waals surface area contributed by atoms with E-state index in [0.29, 0.717) is 18.0 Å². The van der Waals surface area contributed by atoms with Gasteiger partial charge >= 0.3 is 0 Å². The lowest BCUT2D eigenvalue weighted by Crippen LogP contribution is -2.31. The van der Waals surface area contributed by atoms with Crippen LogP contribution in [0.3, 0.4) is 0 Å². The van der Waals surface area contributed by atoms with Crippen molar-refractivity contribution in [1.29, 1.82) is 0 Å². The largest absolute Gasteiger partial charge is 0.378 e. The molecule has 0 aliphatic carbocycles. The second-order valence-electron chi connectivity index (χ2n) is 4.07. The average molecular weight is 383 g/mol. The van der Waals surface area contributed by atoms with Crippen molar-refractivity contribution < 1.29 is 9.53 Å². The Balaban J connectivity index is 1.91. The Morgan fingerprint density at radius 3 is 2.94 bits per heavy atom. The van der Waals surface area contributed by atoms with Gasteiger partial charge in [0.2, 0.25) is 0 Å². The van der Waals surface area contributed by atoms with Crippen LogP contribution in [0.4, 0.5) is 0 Å². The van der Waals surface area contributed by atoms with Gasteiger partial charge in [-0.3, -0.25) is 4.79 Å². The van der Waals surface area contributed by atoms with Crippen molar-refractivity contribution in [2.24, 2.45) is 5.92 Å². The predicted octanol–water partition coefficient (Wildman–Crippen LogP) is 3.43. The van der Waals surface area contributed by atoms with E-state index < -0.39 is 0 Å². The quantitative estimate of drug-likeness (QED) is 0.869. The van der Waals surface area contributed by atoms with Crippen LogP contribution in [-0.4, -0.2) is 25.2 Å². The molecule has 0 spiro atoms. The Hall–Kier alpha value is 0.0900. The van der Waals surface area contributed by atoms with Crippen molar-refractivity contribution in [3.63, 3.8) is 0 Å². The van der Waals surface area contributed by atoms with Gasteiger partial charge in [-0.25, -0.2) is 0 Å². The van der Waals surface area contributed by atoms with Gasteiger partial charge in [0.1, 0.15) is 0 Å². The van der Waals surface area contributed by atoms with Gasteiger partial charge < -0.3 is 10.1 Å². The molecule has 3 nitrogen and oxygen atoms in total. The van der Waals surface area contributed by atoms with Crippen molar-refractivity contribution in [2.75, 3.05) is 13.2 Å². The lowest BCUT2D eigenvalue weighted by molar-refractivity contribution is 0.0907. The molecule has 2 atom stereocenters. The van der Waals surface area contributed by atoms with Gasteiger partial charge in [0.25, 0.3) is 5.91 Å². The van der Waals surface area contributed by atoms with E-state index >= 15 is 0 Å². The van der Waals surface area contributed by atoms with E-state index in [1.54, 1.807) is 0 Å². The van der Waals surface area contributed by atoms with E-state index in [9.17, 15) is 4.79 Å². The first-order chi connectivity index (χ1) is 8.08. The number of ether oxygens (including phenoxy) is 1. The van der Waals surface area contributed by atoms with E-state index in [2.05, 4.69) is 44.1 Å². The Bertz CT molecular complexity index is 422. The zero-order chi connectivity index (χ0) is 12.4. The van der Waals surface area contributed by atoms with E-state index in [0.717, 1.165) is 20.6 Å². The minimum Gasteiger partial charge on any atom is -0.378 e. The zero-order valence-electron chi connectivity index (χ0n) is 9.33. The molecule has 0 radical (unpaired) electrons. The lowest BCUT2D eigenvalue weighted by atomic mass is 10.0. The fourth-order valence-corrected chi connectivity index (χ4v) is 4.65. The van der Waals surface area contributed by atoms with Gasteiger partial charge in [-0.15, -0.1) is 11.3 Å². The summed E-state index contributed by atoms with van der Waals surface area (Å²) in [7, 11) is 0. The third kappa shape index (κ3) is 3.30. The van der Waals surface area contributed by atoms with Crippen LogP contribution in [0.25, 0.3) is 0 Å². The van der Waals surface area contributed by atoms with Crippen LogP contribution < -0.4 is 5.32 Å². The molecule has 6 heteroatoms. The number of amides is 1. The highest BCUT2D eigenvalue weighted by atomic mass is 79.9. The molecule has 0 aromatic carbocycles. The van der Waals surface area contributed by atoms with E-state index in [1.165, 1.54) is 11.3 Å². The SMILES string of the molecule is CC1OCCC1CNC(=O)c1cc(Br)sc1Br. The maximum absolute atomic E-state index is 11.9. The topological polar surface area (TPSA) is 38.3 Å². The molecule has 1 aliphatic rings. The van der Waals surface area contributed by atoms with Crippen molar-refractivity contribution in [2.45, 2.75) is 19.4 Å². The van der Waals surface area contributed by atoms with Crippen LogP contribution in [0.1, 0.15) is 23.7 Å². The molecule has 1 N–H and O–H groups in total. The van der Waals surface area contributed by atoms with Gasteiger partial charge in [0.15, 0.2) is 0 Å². The van der Waals surface area contributed by atoms with Crippen LogP contribution in [0.2, 0.25) is 0 Å². The van der Waals surface area contributed by atoms with Gasteiger partial charge in [0.05, 0.1) is 19.2 Å². The first kappa shape index (κ1) is 13.5. The summed E-state index contributed by atoms with van der Waals surface area (Å²) in [5, 5.41) is 2.96. The molecule has 1 aromatic heterocycles. The highest BCUT2D eigenvalue weighted by Gasteiger charge is 2.25. The summed E-state index contributed by atoms with van der Waals surface area (Å²) in [6, 6.07) is 1.83. The Morgan fingerprint density at radius 1 is 1.65 bits per heavy atom. The third-order valence-electron chi connectivity index (χ3n) is 2.96. The molecular weight excluding hydrogens is 370 g/mol. The molecule has 0 bridgehead atoms. The normalized spacial score (nSPS) is 23.9. The van der Waals surface area contributed by atoms with Crippen molar-refractivity contribution in [3.05, 3.63) is 19.2 Å². The summed E-state index contributed by atoms with van der Waals surface area (Å²) < 4.78 is 7.28. The molecule has 2 heterocycles. The van der Waals surface area contributed by atoms with Crippen LogP contribution in [0, 0.1) is 5.92 Å². The number of nitrogens with one attached hydrogen (secondary N) is 1. The Morgan fingerprint density at radius 2 is 2.41 bits per heavy atom. The summed E-state index contributed by atoms with van der Waals surface area (Å²) >= 11 is 8.26. The number of hydrogen-bond donors (Lipinski definition) is 1. The molecule has 0 saturated carbocycles. The fourth-order valence-electron chi connectivity index (χ4n) is 1.86. The third-order valence-corrected chi connectivity index (χ3v) is 5.30. The maximum Gasteiger partial charge on any atom is 0.253 e. The first-order valence-corrected chi connectivity index (χ1v) is 7.83. The van der Waals surface area contributed by atoms with E-state index in [-0.39, 0.29) is 12.0 Å². The minimum atomic E-state index is -0.0297. The highest BCUT2D eigenvalue weighted by Crippen LogP contribution is 2.31. The monoisotopic (exact) mass is 381 g/mol. The molecule has 2 unspecified atom stereocenters. The molecule has 1 amide bonds. The number of carbonyl (C=O) groups excluding carboxylic acids is 1. The first-order valence-electron chi connectivity index (χ1n) is 5.42. The molecule has 1 saturated heterocycles. The number of hydrogen-bond acceptors (Lipinski definition) is 3. The van der Waals surface area contributed by atoms with Crippen molar-refractivity contribution in [3.8, 4) is 0 Å². The maximum atomic E-state index is 11.9.